The predicted octanol–water partition coefficient (Wildman–Crippen LogP) is 2.51. The van der Waals surface area contributed by atoms with Gasteiger partial charge in [-0.1, -0.05) is 24.3 Å². The molecule has 0 bridgehead atoms. The van der Waals surface area contributed by atoms with Crippen molar-refractivity contribution in [1.29, 1.82) is 0 Å². The number of benzene rings is 1. The van der Waals surface area contributed by atoms with E-state index >= 15 is 0 Å². The maximum absolute atomic E-state index is 12.4. The lowest BCUT2D eigenvalue weighted by Crippen LogP contribution is -2.38. The van der Waals surface area contributed by atoms with Crippen molar-refractivity contribution in [2.45, 2.75) is 51.2 Å². The topological polar surface area (TPSA) is 95.8 Å². The van der Waals surface area contributed by atoms with Gasteiger partial charge in [0.15, 0.2) is 5.65 Å². The van der Waals surface area contributed by atoms with Crippen molar-refractivity contribution in [3.05, 3.63) is 51.9 Å². The summed E-state index contributed by atoms with van der Waals surface area (Å²) in [6.45, 7) is 6.31. The molecule has 0 amide bonds. The van der Waals surface area contributed by atoms with E-state index in [0.717, 1.165) is 18.4 Å². The maximum atomic E-state index is 12.4. The van der Waals surface area contributed by atoms with E-state index in [2.05, 4.69) is 26.4 Å². The third-order valence-corrected chi connectivity index (χ3v) is 5.18. The number of aromatic nitrogens is 4. The van der Waals surface area contributed by atoms with Gasteiger partial charge in [-0.3, -0.25) is 9.78 Å². The number of rotatable bonds is 3. The maximum Gasteiger partial charge on any atom is 0.263 e. The predicted molar refractivity (Wildman–Crippen MR) is 105 cm³/mol. The average Bonchev–Trinajstić information content (AvgIpc) is 3.06. The van der Waals surface area contributed by atoms with E-state index in [1.807, 2.05) is 39.0 Å². The van der Waals surface area contributed by atoms with E-state index in [9.17, 15) is 9.90 Å². The number of hydrogen-bond donors (Lipinski definition) is 3. The highest BCUT2D eigenvalue weighted by atomic mass is 16.3. The molecule has 0 spiro atoms. The highest BCUT2D eigenvalue weighted by molar-refractivity contribution is 5.74. The zero-order valence-corrected chi connectivity index (χ0v) is 15.9. The number of anilines is 1. The Balaban J connectivity index is 1.66. The van der Waals surface area contributed by atoms with Crippen molar-refractivity contribution in [3.8, 4) is 0 Å². The average molecular weight is 367 g/mol. The highest BCUT2D eigenvalue weighted by Gasteiger charge is 2.34. The van der Waals surface area contributed by atoms with Gasteiger partial charge in [0, 0.05) is 0 Å². The first-order chi connectivity index (χ1) is 12.8. The molecular formula is C20H25N5O2. The van der Waals surface area contributed by atoms with Crippen LogP contribution in [0.25, 0.3) is 11.0 Å². The first kappa shape index (κ1) is 17.7. The van der Waals surface area contributed by atoms with Crippen molar-refractivity contribution < 1.29 is 5.11 Å². The van der Waals surface area contributed by atoms with Crippen LogP contribution in [0.2, 0.25) is 0 Å². The van der Waals surface area contributed by atoms with Crippen LogP contribution in [0.4, 0.5) is 5.95 Å². The van der Waals surface area contributed by atoms with Crippen LogP contribution in [0.15, 0.2) is 35.3 Å². The molecular weight excluding hydrogens is 342 g/mol. The second-order valence-electron chi connectivity index (χ2n) is 8.27. The standard InChI is InChI=1S/C20H25N5O2/c1-19(2,3)25-16-14(11-22-25)17(26)24-18(23-16)21-12-20(27)10-6-8-13-7-4-5-9-15(13)20/h4-5,7,9,11,27H,6,8,10,12H2,1-3H3,(H2,21,23,24,26). The number of aryl methyl sites for hydroxylation is 1. The Hall–Kier alpha value is -2.67. The number of nitrogens with zero attached hydrogens (tertiary/aromatic N) is 3. The summed E-state index contributed by atoms with van der Waals surface area (Å²) >= 11 is 0. The van der Waals surface area contributed by atoms with Gasteiger partial charge in [0.25, 0.3) is 5.56 Å². The van der Waals surface area contributed by atoms with Crippen LogP contribution in [0.1, 0.15) is 44.7 Å². The molecule has 4 rings (SSSR count). The first-order valence-electron chi connectivity index (χ1n) is 9.31. The summed E-state index contributed by atoms with van der Waals surface area (Å²) in [5.41, 5.74) is 1.15. The van der Waals surface area contributed by atoms with Crippen LogP contribution in [-0.2, 0) is 17.6 Å². The van der Waals surface area contributed by atoms with Gasteiger partial charge in [0.2, 0.25) is 5.95 Å². The molecule has 1 atom stereocenters. The zero-order valence-electron chi connectivity index (χ0n) is 15.9. The van der Waals surface area contributed by atoms with Crippen LogP contribution in [0, 0.1) is 0 Å². The Morgan fingerprint density at radius 2 is 2.11 bits per heavy atom. The molecule has 0 saturated carbocycles. The van der Waals surface area contributed by atoms with Crippen molar-refractivity contribution in [2.24, 2.45) is 0 Å². The van der Waals surface area contributed by atoms with Gasteiger partial charge in [0.1, 0.15) is 11.0 Å². The number of aliphatic hydroxyl groups is 1. The summed E-state index contributed by atoms with van der Waals surface area (Å²) < 4.78 is 1.74. The number of H-pyrrole nitrogens is 1. The Kier molecular flexibility index (Phi) is 4.07. The Labute approximate surface area is 157 Å². The molecule has 3 N–H and O–H groups in total. The molecule has 7 heteroatoms. The molecule has 1 aliphatic carbocycles. The van der Waals surface area contributed by atoms with Crippen molar-refractivity contribution in [1.82, 2.24) is 19.7 Å². The van der Waals surface area contributed by atoms with Gasteiger partial charge >= 0.3 is 0 Å². The van der Waals surface area contributed by atoms with Gasteiger partial charge in [-0.2, -0.15) is 10.1 Å². The van der Waals surface area contributed by atoms with E-state index in [1.54, 1.807) is 10.9 Å². The largest absolute Gasteiger partial charge is 0.383 e. The molecule has 2 aromatic heterocycles. The van der Waals surface area contributed by atoms with Crippen molar-refractivity contribution >= 4 is 17.0 Å². The molecule has 1 aromatic carbocycles. The van der Waals surface area contributed by atoms with Gasteiger partial charge < -0.3 is 10.4 Å². The minimum absolute atomic E-state index is 0.242. The molecule has 3 aromatic rings. The minimum atomic E-state index is -0.980. The molecule has 0 saturated heterocycles. The van der Waals surface area contributed by atoms with E-state index in [4.69, 9.17) is 0 Å². The highest BCUT2D eigenvalue weighted by Crippen LogP contribution is 2.35. The number of fused-ring (bicyclic) bond motifs is 2. The van der Waals surface area contributed by atoms with Crippen molar-refractivity contribution in [3.63, 3.8) is 0 Å². The zero-order chi connectivity index (χ0) is 19.2. The molecule has 2 heterocycles. The number of aromatic amines is 1. The van der Waals surface area contributed by atoms with Crippen LogP contribution < -0.4 is 10.9 Å². The Morgan fingerprint density at radius 3 is 2.89 bits per heavy atom. The van der Waals surface area contributed by atoms with Gasteiger partial charge in [-0.15, -0.1) is 0 Å². The molecule has 0 aliphatic heterocycles. The van der Waals surface area contributed by atoms with Crippen LogP contribution in [0.5, 0.6) is 0 Å². The molecule has 1 unspecified atom stereocenters. The van der Waals surface area contributed by atoms with E-state index < -0.39 is 5.60 Å². The van der Waals surface area contributed by atoms with E-state index in [0.29, 0.717) is 23.4 Å². The third-order valence-electron chi connectivity index (χ3n) is 5.18. The molecule has 0 radical (unpaired) electrons. The fraction of sp³-hybridized carbons (Fsp3) is 0.450. The second-order valence-corrected chi connectivity index (χ2v) is 8.27. The quantitative estimate of drug-likeness (QED) is 0.661. The summed E-state index contributed by atoms with van der Waals surface area (Å²) in [5.74, 6) is 0.343. The lowest BCUT2D eigenvalue weighted by Gasteiger charge is -2.34. The van der Waals surface area contributed by atoms with Crippen molar-refractivity contribution in [2.75, 3.05) is 11.9 Å². The lowest BCUT2D eigenvalue weighted by atomic mass is 9.79. The fourth-order valence-electron chi connectivity index (χ4n) is 3.80. The van der Waals surface area contributed by atoms with E-state index in [1.165, 1.54) is 5.56 Å². The summed E-state index contributed by atoms with van der Waals surface area (Å²) in [7, 11) is 0. The fourth-order valence-corrected chi connectivity index (χ4v) is 3.80. The second kappa shape index (κ2) is 6.20. The van der Waals surface area contributed by atoms with Gasteiger partial charge in [-0.25, -0.2) is 4.68 Å². The summed E-state index contributed by atoms with van der Waals surface area (Å²) in [6, 6.07) is 7.99. The first-order valence-corrected chi connectivity index (χ1v) is 9.31. The normalized spacial score (nSPS) is 19.9. The lowest BCUT2D eigenvalue weighted by molar-refractivity contribution is 0.0321. The van der Waals surface area contributed by atoms with Crippen LogP contribution in [-0.4, -0.2) is 31.4 Å². The van der Waals surface area contributed by atoms with E-state index in [-0.39, 0.29) is 17.6 Å². The molecule has 7 nitrogen and oxygen atoms in total. The number of nitrogens with one attached hydrogen (secondary N) is 2. The minimum Gasteiger partial charge on any atom is -0.383 e. The smallest absolute Gasteiger partial charge is 0.263 e. The third kappa shape index (κ3) is 3.12. The van der Waals surface area contributed by atoms with Crippen LogP contribution >= 0.6 is 0 Å². The summed E-state index contributed by atoms with van der Waals surface area (Å²) in [4.78, 5) is 19.7. The van der Waals surface area contributed by atoms with Crippen LogP contribution in [0.3, 0.4) is 0 Å². The molecule has 27 heavy (non-hydrogen) atoms. The van der Waals surface area contributed by atoms with Gasteiger partial charge in [0.05, 0.1) is 18.3 Å². The van der Waals surface area contributed by atoms with Gasteiger partial charge in [-0.05, 0) is 51.2 Å². The summed E-state index contributed by atoms with van der Waals surface area (Å²) in [6.07, 6.45) is 4.11. The molecule has 142 valence electrons. The Bertz CT molecular complexity index is 1050. The summed E-state index contributed by atoms with van der Waals surface area (Å²) in [5, 5.41) is 19.1. The monoisotopic (exact) mass is 367 g/mol. The Morgan fingerprint density at radius 1 is 1.33 bits per heavy atom. The SMILES string of the molecule is CC(C)(C)n1ncc2c(=O)[nH]c(NCC3(O)CCCc4ccccc43)nc21. The molecule has 0 fully saturated rings. The molecule has 1 aliphatic rings. The number of hydrogen-bond acceptors (Lipinski definition) is 5.